The first-order valence-corrected chi connectivity index (χ1v) is 5.97. The maximum Gasteiger partial charge on any atom is 0.188 e. The number of hydrogen-bond donors (Lipinski definition) is 1. The summed E-state index contributed by atoms with van der Waals surface area (Å²) in [4.78, 5) is 3.96. The molecule has 1 N–H and O–H groups in total. The van der Waals surface area contributed by atoms with Crippen LogP contribution in [0, 0.1) is 0 Å². The van der Waals surface area contributed by atoms with Gasteiger partial charge in [0.05, 0.1) is 13.6 Å². The summed E-state index contributed by atoms with van der Waals surface area (Å²) in [6.45, 7) is 6.21. The van der Waals surface area contributed by atoms with Gasteiger partial charge in [0.25, 0.3) is 0 Å². The van der Waals surface area contributed by atoms with Gasteiger partial charge in [0.2, 0.25) is 0 Å². The molecule has 0 aliphatic carbocycles. The number of rotatable bonds is 5. The summed E-state index contributed by atoms with van der Waals surface area (Å²) in [6.07, 6.45) is 2.55. The third-order valence-electron chi connectivity index (χ3n) is 3.02. The molecule has 0 amide bonds. The van der Waals surface area contributed by atoms with Crippen LogP contribution in [0.2, 0.25) is 0 Å². The van der Waals surface area contributed by atoms with Crippen molar-refractivity contribution in [3.63, 3.8) is 0 Å². The Hall–Kier alpha value is -1.01. The number of likely N-dealkylation sites (tertiary alicyclic amines) is 1. The Morgan fingerprint density at radius 2 is 2.38 bits per heavy atom. The monoisotopic (exact) mass is 224 g/mol. The molecule has 1 aromatic rings. The number of aryl methyl sites for hydroxylation is 1. The Bertz CT molecular complexity index is 323. The zero-order valence-corrected chi connectivity index (χ0v) is 10.1. The van der Waals surface area contributed by atoms with E-state index in [-0.39, 0.29) is 0 Å². The lowest BCUT2D eigenvalue weighted by molar-refractivity contribution is 0.234. The molecule has 0 spiro atoms. The molecule has 1 fully saturated rings. The van der Waals surface area contributed by atoms with Gasteiger partial charge in [-0.25, -0.2) is 0 Å². The van der Waals surface area contributed by atoms with E-state index in [9.17, 15) is 0 Å². The first kappa shape index (κ1) is 11.5. The molecule has 16 heavy (non-hydrogen) atoms. The number of likely N-dealkylation sites (N-methyl/N-ethyl adjacent to an activating group) is 1. The normalized spacial score (nSPS) is 21.8. The van der Waals surface area contributed by atoms with Gasteiger partial charge in [-0.1, -0.05) is 6.92 Å². The van der Waals surface area contributed by atoms with Gasteiger partial charge in [-0.3, -0.25) is 4.90 Å². The van der Waals surface area contributed by atoms with E-state index >= 15 is 0 Å². The Labute approximate surface area is 96.0 Å². The van der Waals surface area contributed by atoms with Crippen molar-refractivity contribution >= 4 is 0 Å². The van der Waals surface area contributed by atoms with Crippen molar-refractivity contribution in [3.8, 4) is 0 Å². The summed E-state index contributed by atoms with van der Waals surface area (Å²) in [6, 6.07) is 0.628. The van der Waals surface area contributed by atoms with Crippen LogP contribution in [0.5, 0.6) is 0 Å². The second kappa shape index (κ2) is 5.36. The van der Waals surface area contributed by atoms with E-state index in [4.69, 9.17) is 0 Å². The van der Waals surface area contributed by atoms with E-state index in [1.54, 1.807) is 7.05 Å². The first-order valence-electron chi connectivity index (χ1n) is 5.97. The van der Waals surface area contributed by atoms with E-state index in [0.29, 0.717) is 6.04 Å². The lowest BCUT2D eigenvalue weighted by Gasteiger charge is -2.22. The van der Waals surface area contributed by atoms with Crippen molar-refractivity contribution in [2.24, 2.45) is 7.05 Å². The quantitative estimate of drug-likeness (QED) is 0.749. The predicted molar refractivity (Wildman–Crippen MR) is 60.8 cm³/mol. The van der Waals surface area contributed by atoms with Gasteiger partial charge in [-0.2, -0.15) is 4.80 Å². The van der Waals surface area contributed by atoms with Crippen LogP contribution in [0.1, 0.15) is 25.6 Å². The number of tetrazole rings is 1. The van der Waals surface area contributed by atoms with E-state index in [1.807, 2.05) is 0 Å². The molecule has 1 aliphatic heterocycles. The molecular formula is C10H20N6. The van der Waals surface area contributed by atoms with Crippen molar-refractivity contribution in [1.82, 2.24) is 30.4 Å². The molecule has 1 atom stereocenters. The van der Waals surface area contributed by atoms with Gasteiger partial charge in [0.1, 0.15) is 0 Å². The second-order valence-electron chi connectivity index (χ2n) is 4.27. The van der Waals surface area contributed by atoms with Crippen molar-refractivity contribution < 1.29 is 0 Å². The molecule has 1 aromatic heterocycles. The van der Waals surface area contributed by atoms with Gasteiger partial charge < -0.3 is 5.32 Å². The highest BCUT2D eigenvalue weighted by molar-refractivity contribution is 4.86. The van der Waals surface area contributed by atoms with Crippen LogP contribution >= 0.6 is 0 Å². The number of hydrogen-bond acceptors (Lipinski definition) is 5. The van der Waals surface area contributed by atoms with Crippen LogP contribution < -0.4 is 5.32 Å². The average molecular weight is 224 g/mol. The van der Waals surface area contributed by atoms with Crippen LogP contribution in [0.4, 0.5) is 0 Å². The number of nitrogens with zero attached hydrogens (tertiary/aromatic N) is 5. The first-order chi connectivity index (χ1) is 7.79. The zero-order valence-electron chi connectivity index (χ0n) is 10.1. The van der Waals surface area contributed by atoms with Gasteiger partial charge >= 0.3 is 0 Å². The third-order valence-corrected chi connectivity index (χ3v) is 3.02. The maximum atomic E-state index is 4.22. The molecule has 6 nitrogen and oxygen atoms in total. The SMILES string of the molecule is CCNCC1CCCN1Cc1nnn(C)n1. The summed E-state index contributed by atoms with van der Waals surface area (Å²) in [5.74, 6) is 0.825. The highest BCUT2D eigenvalue weighted by atomic mass is 15.6. The van der Waals surface area contributed by atoms with Crippen molar-refractivity contribution in [2.45, 2.75) is 32.4 Å². The van der Waals surface area contributed by atoms with Crippen molar-refractivity contribution in [2.75, 3.05) is 19.6 Å². The molecular weight excluding hydrogens is 204 g/mol. The average Bonchev–Trinajstić information content (AvgIpc) is 2.86. The number of nitrogens with one attached hydrogen (secondary N) is 1. The molecule has 2 heterocycles. The minimum atomic E-state index is 0.628. The molecule has 1 aliphatic rings. The molecule has 0 saturated carbocycles. The van der Waals surface area contributed by atoms with E-state index in [0.717, 1.165) is 32.0 Å². The molecule has 0 radical (unpaired) electrons. The minimum absolute atomic E-state index is 0.628. The Kier molecular flexibility index (Phi) is 3.84. The largest absolute Gasteiger partial charge is 0.315 e. The maximum absolute atomic E-state index is 4.22. The molecule has 90 valence electrons. The summed E-state index contributed by atoms with van der Waals surface area (Å²) in [7, 11) is 1.80. The number of aromatic nitrogens is 4. The third kappa shape index (κ3) is 2.76. The van der Waals surface area contributed by atoms with Gasteiger partial charge in [-0.15, -0.1) is 10.2 Å². The Balaban J connectivity index is 1.88. The van der Waals surface area contributed by atoms with E-state index < -0.39 is 0 Å². The molecule has 1 saturated heterocycles. The molecule has 6 heteroatoms. The summed E-state index contributed by atoms with van der Waals surface area (Å²) >= 11 is 0. The molecule has 0 bridgehead atoms. The van der Waals surface area contributed by atoms with Crippen molar-refractivity contribution in [1.29, 1.82) is 0 Å². The zero-order chi connectivity index (χ0) is 11.4. The fourth-order valence-corrected chi connectivity index (χ4v) is 2.21. The topological polar surface area (TPSA) is 58.9 Å². The van der Waals surface area contributed by atoms with Crippen LogP contribution in [0.3, 0.4) is 0 Å². The second-order valence-corrected chi connectivity index (χ2v) is 4.27. The minimum Gasteiger partial charge on any atom is -0.315 e. The highest BCUT2D eigenvalue weighted by Crippen LogP contribution is 2.17. The van der Waals surface area contributed by atoms with Crippen LogP contribution in [0.25, 0.3) is 0 Å². The lowest BCUT2D eigenvalue weighted by atomic mass is 10.2. The fraction of sp³-hybridized carbons (Fsp3) is 0.900. The Morgan fingerprint density at radius 1 is 1.50 bits per heavy atom. The van der Waals surface area contributed by atoms with Crippen LogP contribution in [-0.4, -0.2) is 50.8 Å². The highest BCUT2D eigenvalue weighted by Gasteiger charge is 2.24. The van der Waals surface area contributed by atoms with Gasteiger partial charge in [0, 0.05) is 12.6 Å². The van der Waals surface area contributed by atoms with Crippen molar-refractivity contribution in [3.05, 3.63) is 5.82 Å². The lowest BCUT2D eigenvalue weighted by Crippen LogP contribution is -2.37. The molecule has 2 rings (SSSR count). The van der Waals surface area contributed by atoms with Crippen LogP contribution in [-0.2, 0) is 13.6 Å². The van der Waals surface area contributed by atoms with Gasteiger partial charge in [0.15, 0.2) is 5.82 Å². The van der Waals surface area contributed by atoms with Crippen LogP contribution in [0.15, 0.2) is 0 Å². The van der Waals surface area contributed by atoms with E-state index in [2.05, 4.69) is 32.6 Å². The van der Waals surface area contributed by atoms with E-state index in [1.165, 1.54) is 17.6 Å². The summed E-state index contributed by atoms with van der Waals surface area (Å²) < 4.78 is 0. The molecule has 1 unspecified atom stereocenters. The Morgan fingerprint density at radius 3 is 3.06 bits per heavy atom. The fourth-order valence-electron chi connectivity index (χ4n) is 2.21. The smallest absolute Gasteiger partial charge is 0.188 e. The summed E-state index contributed by atoms with van der Waals surface area (Å²) in [5, 5.41) is 15.5. The summed E-state index contributed by atoms with van der Waals surface area (Å²) in [5.41, 5.74) is 0. The predicted octanol–water partition coefficient (Wildman–Crippen LogP) is -0.216. The molecule has 0 aromatic carbocycles. The van der Waals surface area contributed by atoms with Gasteiger partial charge in [-0.05, 0) is 31.1 Å². The standard InChI is InChI=1S/C10H20N6/c1-3-11-7-9-5-4-6-16(9)8-10-12-14-15(2)13-10/h9,11H,3-8H2,1-2H3.